The Hall–Kier alpha value is -0.850. The van der Waals surface area contributed by atoms with Crippen molar-refractivity contribution < 1.29 is 12.8 Å². The smallest absolute Gasteiger partial charge is 0.214 e. The molecule has 0 atom stereocenters. The van der Waals surface area contributed by atoms with E-state index in [1.165, 1.54) is 0 Å². The summed E-state index contributed by atoms with van der Waals surface area (Å²) in [5.74, 6) is 1.45. The Kier molecular flexibility index (Phi) is 3.86. The molecule has 1 aromatic heterocycles. The summed E-state index contributed by atoms with van der Waals surface area (Å²) in [6, 6.07) is 3.62. The lowest BCUT2D eigenvalue weighted by Gasteiger charge is -2.22. The molecule has 1 saturated heterocycles. The highest BCUT2D eigenvalue weighted by atomic mass is 32.2. The van der Waals surface area contributed by atoms with Crippen LogP contribution >= 0.6 is 0 Å². The van der Waals surface area contributed by atoms with E-state index in [-0.39, 0.29) is 11.8 Å². The molecule has 2 N–H and O–H groups in total. The summed E-state index contributed by atoms with van der Waals surface area (Å²) in [5, 5.41) is 2.88. The first-order valence-electron chi connectivity index (χ1n) is 5.82. The molecule has 17 heavy (non-hydrogen) atoms. The number of aryl methyl sites for hydroxylation is 1. The fourth-order valence-corrected chi connectivity index (χ4v) is 3.41. The predicted octanol–water partition coefficient (Wildman–Crippen LogP) is 0.759. The maximum absolute atomic E-state index is 12.0. The van der Waals surface area contributed by atoms with Crippen molar-refractivity contribution in [2.45, 2.75) is 31.6 Å². The van der Waals surface area contributed by atoms with E-state index in [9.17, 15) is 8.42 Å². The SMILES string of the molecule is Cc1ccc(CNS(=O)(=O)C2CCNCC2)o1. The van der Waals surface area contributed by atoms with E-state index >= 15 is 0 Å². The van der Waals surface area contributed by atoms with Gasteiger partial charge in [0.2, 0.25) is 10.0 Å². The van der Waals surface area contributed by atoms with Gasteiger partial charge in [0, 0.05) is 0 Å². The van der Waals surface area contributed by atoms with Crippen molar-refractivity contribution in [3.63, 3.8) is 0 Å². The second-order valence-corrected chi connectivity index (χ2v) is 6.37. The summed E-state index contributed by atoms with van der Waals surface area (Å²) in [6.45, 7) is 3.61. The van der Waals surface area contributed by atoms with Gasteiger partial charge in [-0.1, -0.05) is 0 Å². The van der Waals surface area contributed by atoms with Gasteiger partial charge in [0.25, 0.3) is 0 Å². The molecule has 0 aliphatic carbocycles. The van der Waals surface area contributed by atoms with Crippen LogP contribution in [-0.4, -0.2) is 26.8 Å². The lowest BCUT2D eigenvalue weighted by molar-refractivity contribution is 0.465. The third-order valence-corrected chi connectivity index (χ3v) is 4.86. The molecule has 0 amide bonds. The molecule has 0 saturated carbocycles. The quantitative estimate of drug-likeness (QED) is 0.836. The van der Waals surface area contributed by atoms with Gasteiger partial charge < -0.3 is 9.73 Å². The molecule has 1 aliphatic rings. The Morgan fingerprint density at radius 1 is 1.41 bits per heavy atom. The molecule has 5 nitrogen and oxygen atoms in total. The first kappa shape index (κ1) is 12.6. The average Bonchev–Trinajstić information content (AvgIpc) is 2.74. The van der Waals surface area contributed by atoms with Crippen molar-refractivity contribution in [3.05, 3.63) is 23.7 Å². The van der Waals surface area contributed by atoms with E-state index in [1.807, 2.05) is 13.0 Å². The van der Waals surface area contributed by atoms with E-state index in [0.29, 0.717) is 18.6 Å². The largest absolute Gasteiger partial charge is 0.465 e. The molecule has 0 bridgehead atoms. The molecular formula is C11H18N2O3S. The van der Waals surface area contributed by atoms with E-state index in [1.54, 1.807) is 6.07 Å². The van der Waals surface area contributed by atoms with Gasteiger partial charge in [0.1, 0.15) is 11.5 Å². The standard InChI is InChI=1S/C11H18N2O3S/c1-9-2-3-10(16-9)8-13-17(14,15)11-4-6-12-7-5-11/h2-3,11-13H,4-8H2,1H3. The van der Waals surface area contributed by atoms with Gasteiger partial charge in [-0.3, -0.25) is 0 Å². The molecule has 96 valence electrons. The van der Waals surface area contributed by atoms with Crippen molar-refractivity contribution in [2.75, 3.05) is 13.1 Å². The third-order valence-electron chi connectivity index (χ3n) is 2.97. The summed E-state index contributed by atoms with van der Waals surface area (Å²) >= 11 is 0. The van der Waals surface area contributed by atoms with Gasteiger partial charge in [-0.25, -0.2) is 13.1 Å². The van der Waals surface area contributed by atoms with Gasteiger partial charge in [-0.05, 0) is 45.0 Å². The second kappa shape index (κ2) is 5.20. The molecule has 2 heterocycles. The van der Waals surface area contributed by atoms with Crippen molar-refractivity contribution in [1.29, 1.82) is 0 Å². The topological polar surface area (TPSA) is 71.3 Å². The normalized spacial score (nSPS) is 18.4. The van der Waals surface area contributed by atoms with Gasteiger partial charge in [-0.15, -0.1) is 0 Å². The number of sulfonamides is 1. The molecule has 0 spiro atoms. The lowest BCUT2D eigenvalue weighted by Crippen LogP contribution is -2.41. The van der Waals surface area contributed by atoms with E-state index in [2.05, 4.69) is 10.0 Å². The molecule has 1 fully saturated rings. The molecular weight excluding hydrogens is 240 g/mol. The minimum atomic E-state index is -3.22. The Balaban J connectivity index is 1.92. The van der Waals surface area contributed by atoms with Crippen LogP contribution in [0.1, 0.15) is 24.4 Å². The van der Waals surface area contributed by atoms with Crippen molar-refractivity contribution in [3.8, 4) is 0 Å². The number of rotatable bonds is 4. The molecule has 1 aromatic rings. The fraction of sp³-hybridized carbons (Fsp3) is 0.636. The highest BCUT2D eigenvalue weighted by molar-refractivity contribution is 7.90. The Labute approximate surface area is 102 Å². The minimum absolute atomic E-state index is 0.236. The predicted molar refractivity (Wildman–Crippen MR) is 65.1 cm³/mol. The summed E-state index contributed by atoms with van der Waals surface area (Å²) in [6.07, 6.45) is 1.35. The zero-order chi connectivity index (χ0) is 12.3. The van der Waals surface area contributed by atoms with E-state index in [4.69, 9.17) is 4.42 Å². The summed E-state index contributed by atoms with van der Waals surface area (Å²) in [4.78, 5) is 0. The van der Waals surface area contributed by atoms with Crippen LogP contribution in [0.4, 0.5) is 0 Å². The highest BCUT2D eigenvalue weighted by Gasteiger charge is 2.26. The minimum Gasteiger partial charge on any atom is -0.465 e. The fourth-order valence-electron chi connectivity index (χ4n) is 1.98. The molecule has 1 aliphatic heterocycles. The highest BCUT2D eigenvalue weighted by Crippen LogP contribution is 2.13. The Morgan fingerprint density at radius 3 is 2.71 bits per heavy atom. The molecule has 0 unspecified atom stereocenters. The van der Waals surface area contributed by atoms with E-state index in [0.717, 1.165) is 18.8 Å². The number of hydrogen-bond donors (Lipinski definition) is 2. The van der Waals surface area contributed by atoms with Crippen LogP contribution in [0.15, 0.2) is 16.5 Å². The first-order chi connectivity index (χ1) is 8.08. The average molecular weight is 258 g/mol. The van der Waals surface area contributed by atoms with Crippen LogP contribution in [0.3, 0.4) is 0 Å². The molecule has 0 aromatic carbocycles. The lowest BCUT2D eigenvalue weighted by atomic mass is 10.2. The second-order valence-electron chi connectivity index (χ2n) is 4.33. The van der Waals surface area contributed by atoms with E-state index < -0.39 is 10.0 Å². The van der Waals surface area contributed by atoms with Gasteiger partial charge >= 0.3 is 0 Å². The van der Waals surface area contributed by atoms with Gasteiger partial charge in [-0.2, -0.15) is 0 Å². The van der Waals surface area contributed by atoms with Crippen LogP contribution in [0.5, 0.6) is 0 Å². The monoisotopic (exact) mass is 258 g/mol. The molecule has 2 rings (SSSR count). The molecule has 0 radical (unpaired) electrons. The zero-order valence-electron chi connectivity index (χ0n) is 9.90. The summed E-state index contributed by atoms with van der Waals surface area (Å²) in [7, 11) is -3.22. The van der Waals surface area contributed by atoms with Crippen molar-refractivity contribution in [2.24, 2.45) is 0 Å². The van der Waals surface area contributed by atoms with Crippen molar-refractivity contribution in [1.82, 2.24) is 10.0 Å². The maximum Gasteiger partial charge on any atom is 0.214 e. The number of piperidine rings is 1. The van der Waals surface area contributed by atoms with Crippen molar-refractivity contribution >= 4 is 10.0 Å². The van der Waals surface area contributed by atoms with Crippen LogP contribution in [0, 0.1) is 6.92 Å². The van der Waals surface area contributed by atoms with Crippen LogP contribution in [0.25, 0.3) is 0 Å². The third kappa shape index (κ3) is 3.31. The Bertz CT molecular complexity index is 461. The summed E-state index contributed by atoms with van der Waals surface area (Å²) < 4.78 is 31.9. The number of nitrogens with one attached hydrogen (secondary N) is 2. The van der Waals surface area contributed by atoms with Gasteiger partial charge in [0.05, 0.1) is 11.8 Å². The van der Waals surface area contributed by atoms with Crippen LogP contribution in [-0.2, 0) is 16.6 Å². The summed E-state index contributed by atoms with van der Waals surface area (Å²) in [5.41, 5.74) is 0. The van der Waals surface area contributed by atoms with Crippen LogP contribution < -0.4 is 10.0 Å². The zero-order valence-corrected chi connectivity index (χ0v) is 10.7. The number of furan rings is 1. The van der Waals surface area contributed by atoms with Crippen LogP contribution in [0.2, 0.25) is 0 Å². The number of hydrogen-bond acceptors (Lipinski definition) is 4. The Morgan fingerprint density at radius 2 is 2.12 bits per heavy atom. The molecule has 6 heteroatoms. The maximum atomic E-state index is 12.0. The first-order valence-corrected chi connectivity index (χ1v) is 7.37. The van der Waals surface area contributed by atoms with Gasteiger partial charge in [0.15, 0.2) is 0 Å².